The number of carbonyl (C=O) groups is 1. The molecule has 6 heteroatoms. The summed E-state index contributed by atoms with van der Waals surface area (Å²) in [5, 5.41) is 8.33. The van der Waals surface area contributed by atoms with E-state index in [1.165, 1.54) is 0 Å². The number of rotatable bonds is 6. The van der Waals surface area contributed by atoms with Crippen molar-refractivity contribution in [1.29, 1.82) is 0 Å². The number of unbranched alkanes of at least 4 members (excludes halogenated alkanes) is 1. The molecule has 2 aromatic rings. The quantitative estimate of drug-likeness (QED) is 0.699. The maximum Gasteiger partial charge on any atom is 0.320 e. The Morgan fingerprint density at radius 3 is 1.95 bits per heavy atom. The van der Waals surface area contributed by atoms with Crippen LogP contribution in [0.1, 0.15) is 19.3 Å². The Hall–Kier alpha value is -2.31. The fraction of sp³-hybridized carbons (Fsp3) is 0.312. The first-order valence-electron chi connectivity index (χ1n) is 7.16. The summed E-state index contributed by atoms with van der Waals surface area (Å²) in [7, 11) is 0. The van der Waals surface area contributed by atoms with E-state index in [0.29, 0.717) is 13.0 Å². The highest BCUT2D eigenvalue weighted by Gasteiger charge is 2.09. The van der Waals surface area contributed by atoms with Crippen LogP contribution in [0.15, 0.2) is 48.8 Å². The molecule has 2 aromatic heterocycles. The second-order valence-corrected chi connectivity index (χ2v) is 4.66. The number of nitrogens with two attached hydrogens (primary N) is 2. The van der Waals surface area contributed by atoms with Gasteiger partial charge in [0.2, 0.25) is 0 Å². The third kappa shape index (κ3) is 6.92. The molecule has 0 aliphatic rings. The van der Waals surface area contributed by atoms with Crippen LogP contribution in [-0.2, 0) is 4.79 Å². The Bertz CT molecular complexity index is 497. The van der Waals surface area contributed by atoms with Gasteiger partial charge >= 0.3 is 5.97 Å². The van der Waals surface area contributed by atoms with Crippen molar-refractivity contribution in [2.24, 2.45) is 11.5 Å². The van der Waals surface area contributed by atoms with E-state index < -0.39 is 12.0 Å². The first-order valence-corrected chi connectivity index (χ1v) is 7.16. The lowest BCUT2D eigenvalue weighted by Crippen LogP contribution is -2.29. The molecule has 2 rings (SSSR count). The van der Waals surface area contributed by atoms with E-state index in [9.17, 15) is 4.79 Å². The van der Waals surface area contributed by atoms with E-state index in [4.69, 9.17) is 16.6 Å². The average Bonchev–Trinajstić information content (AvgIpc) is 2.57. The topological polar surface area (TPSA) is 115 Å². The Balaban J connectivity index is 0.000000225. The van der Waals surface area contributed by atoms with Crippen molar-refractivity contribution in [3.8, 4) is 11.4 Å². The van der Waals surface area contributed by atoms with Crippen molar-refractivity contribution < 1.29 is 9.90 Å². The lowest BCUT2D eigenvalue weighted by atomic mass is 10.1. The van der Waals surface area contributed by atoms with Crippen molar-refractivity contribution in [3.63, 3.8) is 0 Å². The average molecular weight is 302 g/mol. The molecule has 0 saturated heterocycles. The molecular formula is C16H22N4O2. The van der Waals surface area contributed by atoms with Gasteiger partial charge in [0.05, 0.1) is 11.4 Å². The zero-order valence-electron chi connectivity index (χ0n) is 12.4. The van der Waals surface area contributed by atoms with E-state index in [1.807, 2.05) is 36.4 Å². The van der Waals surface area contributed by atoms with Crippen LogP contribution in [0.25, 0.3) is 11.4 Å². The highest BCUT2D eigenvalue weighted by Crippen LogP contribution is 2.10. The Morgan fingerprint density at radius 2 is 1.59 bits per heavy atom. The number of carboxylic acid groups (broad SMARTS) is 1. The molecule has 0 aliphatic carbocycles. The van der Waals surface area contributed by atoms with Crippen LogP contribution in [0.2, 0.25) is 0 Å². The summed E-state index contributed by atoms with van der Waals surface area (Å²) in [4.78, 5) is 18.5. The number of aromatic nitrogens is 2. The lowest BCUT2D eigenvalue weighted by Gasteiger charge is -2.03. The molecule has 5 N–H and O–H groups in total. The molecule has 2 heterocycles. The standard InChI is InChI=1S/C10H8N2.C6H14N2O2/c1-3-7-11-9(5-1)10-6-2-4-8-12-10;7-4-2-1-3-5(8)6(9)10/h1-8H;5H,1-4,7-8H2,(H,9,10)/t;5-/m.0/s1. The summed E-state index contributed by atoms with van der Waals surface area (Å²) in [5.41, 5.74) is 12.2. The molecule has 0 fully saturated rings. The van der Waals surface area contributed by atoms with Crippen molar-refractivity contribution in [2.75, 3.05) is 6.54 Å². The van der Waals surface area contributed by atoms with Crippen molar-refractivity contribution in [2.45, 2.75) is 25.3 Å². The van der Waals surface area contributed by atoms with Gasteiger partial charge in [0.15, 0.2) is 0 Å². The summed E-state index contributed by atoms with van der Waals surface area (Å²) < 4.78 is 0. The predicted molar refractivity (Wildman–Crippen MR) is 86.0 cm³/mol. The molecule has 0 amide bonds. The van der Waals surface area contributed by atoms with Crippen molar-refractivity contribution in [3.05, 3.63) is 48.8 Å². The summed E-state index contributed by atoms with van der Waals surface area (Å²) in [6.45, 7) is 0.604. The summed E-state index contributed by atoms with van der Waals surface area (Å²) in [6.07, 6.45) is 5.70. The maximum absolute atomic E-state index is 10.1. The molecule has 6 nitrogen and oxygen atoms in total. The summed E-state index contributed by atoms with van der Waals surface area (Å²) >= 11 is 0. The lowest BCUT2D eigenvalue weighted by molar-refractivity contribution is -0.138. The van der Waals surface area contributed by atoms with Gasteiger partial charge in [-0.3, -0.25) is 14.8 Å². The fourth-order valence-corrected chi connectivity index (χ4v) is 1.66. The van der Waals surface area contributed by atoms with Gasteiger partial charge in [0, 0.05) is 12.4 Å². The normalized spacial score (nSPS) is 11.2. The second-order valence-electron chi connectivity index (χ2n) is 4.66. The van der Waals surface area contributed by atoms with Crippen LogP contribution >= 0.6 is 0 Å². The molecule has 0 spiro atoms. The van der Waals surface area contributed by atoms with Gasteiger partial charge in [-0.1, -0.05) is 18.6 Å². The minimum Gasteiger partial charge on any atom is -0.480 e. The first kappa shape index (κ1) is 17.7. The van der Waals surface area contributed by atoms with E-state index in [-0.39, 0.29) is 0 Å². The second kappa shape index (κ2) is 10.4. The fourth-order valence-electron chi connectivity index (χ4n) is 1.66. The summed E-state index contributed by atoms with van der Waals surface area (Å²) in [6, 6.07) is 10.9. The number of hydrogen-bond donors (Lipinski definition) is 3. The molecule has 0 aromatic carbocycles. The Kier molecular flexibility index (Phi) is 8.40. The number of hydrogen-bond acceptors (Lipinski definition) is 5. The number of aliphatic carboxylic acids is 1. The van der Waals surface area contributed by atoms with Crippen LogP contribution in [0, 0.1) is 0 Å². The molecule has 1 atom stereocenters. The molecule has 0 radical (unpaired) electrons. The first-order chi connectivity index (χ1) is 10.6. The predicted octanol–water partition coefficient (Wildman–Crippen LogP) is 1.67. The monoisotopic (exact) mass is 302 g/mol. The molecular weight excluding hydrogens is 280 g/mol. The van der Waals surface area contributed by atoms with E-state index in [2.05, 4.69) is 9.97 Å². The minimum atomic E-state index is -0.933. The molecule has 0 unspecified atom stereocenters. The number of carboxylic acids is 1. The zero-order chi connectivity index (χ0) is 16.2. The van der Waals surface area contributed by atoms with Crippen LogP contribution in [0.5, 0.6) is 0 Å². The van der Waals surface area contributed by atoms with Gasteiger partial charge in [-0.2, -0.15) is 0 Å². The third-order valence-corrected chi connectivity index (χ3v) is 2.88. The Morgan fingerprint density at radius 1 is 1.05 bits per heavy atom. The molecule has 0 bridgehead atoms. The third-order valence-electron chi connectivity index (χ3n) is 2.88. The van der Waals surface area contributed by atoms with E-state index >= 15 is 0 Å². The maximum atomic E-state index is 10.1. The largest absolute Gasteiger partial charge is 0.480 e. The van der Waals surface area contributed by atoms with Gasteiger partial charge < -0.3 is 16.6 Å². The molecule has 22 heavy (non-hydrogen) atoms. The zero-order valence-corrected chi connectivity index (χ0v) is 12.4. The minimum absolute atomic E-state index is 0.520. The van der Waals surface area contributed by atoms with Crippen molar-refractivity contribution >= 4 is 5.97 Å². The number of nitrogens with zero attached hydrogens (tertiary/aromatic N) is 2. The van der Waals surface area contributed by atoms with Crippen molar-refractivity contribution in [1.82, 2.24) is 9.97 Å². The molecule has 0 saturated carbocycles. The van der Waals surface area contributed by atoms with Gasteiger partial charge in [-0.05, 0) is 43.7 Å². The van der Waals surface area contributed by atoms with Crippen LogP contribution in [-0.4, -0.2) is 33.6 Å². The van der Waals surface area contributed by atoms with Crippen LogP contribution in [0.4, 0.5) is 0 Å². The SMILES string of the molecule is NCCCC[C@H](N)C(=O)O.c1ccc(-c2ccccn2)nc1. The van der Waals surface area contributed by atoms with Crippen LogP contribution < -0.4 is 11.5 Å². The van der Waals surface area contributed by atoms with Crippen LogP contribution in [0.3, 0.4) is 0 Å². The smallest absolute Gasteiger partial charge is 0.320 e. The van der Waals surface area contributed by atoms with E-state index in [1.54, 1.807) is 12.4 Å². The Labute approximate surface area is 130 Å². The highest BCUT2D eigenvalue weighted by molar-refractivity contribution is 5.72. The molecule has 0 aliphatic heterocycles. The number of pyridine rings is 2. The van der Waals surface area contributed by atoms with Gasteiger partial charge in [0.1, 0.15) is 6.04 Å². The highest BCUT2D eigenvalue weighted by atomic mass is 16.4. The molecule has 118 valence electrons. The van der Waals surface area contributed by atoms with Gasteiger partial charge in [-0.25, -0.2) is 0 Å². The van der Waals surface area contributed by atoms with Gasteiger partial charge in [-0.15, -0.1) is 0 Å². The van der Waals surface area contributed by atoms with E-state index in [0.717, 1.165) is 24.2 Å². The van der Waals surface area contributed by atoms with Gasteiger partial charge in [0.25, 0.3) is 0 Å². The summed E-state index contributed by atoms with van der Waals surface area (Å²) in [5.74, 6) is -0.933.